The number of carboxylic acid groups (broad SMARTS) is 1. The van der Waals surface area contributed by atoms with E-state index in [0.717, 1.165) is 0 Å². The summed E-state index contributed by atoms with van der Waals surface area (Å²) in [5.74, 6) is -1.08. The number of hydrogen-bond donors (Lipinski definition) is 2. The zero-order valence-electron chi connectivity index (χ0n) is 13.1. The number of benzene rings is 1. The van der Waals surface area contributed by atoms with Crippen LogP contribution in [0.2, 0.25) is 0 Å². The molecule has 116 valence electrons. The van der Waals surface area contributed by atoms with E-state index < -0.39 is 12.0 Å². The van der Waals surface area contributed by atoms with Crippen molar-refractivity contribution < 1.29 is 14.7 Å². The van der Waals surface area contributed by atoms with Gasteiger partial charge in [-0.3, -0.25) is 4.79 Å². The highest BCUT2D eigenvalue weighted by molar-refractivity contribution is 5.89. The van der Waals surface area contributed by atoms with Gasteiger partial charge in [-0.05, 0) is 23.5 Å². The van der Waals surface area contributed by atoms with Crippen LogP contribution in [-0.2, 0) is 11.2 Å². The molecule has 0 saturated heterocycles. The first-order chi connectivity index (χ1) is 9.64. The third-order valence-corrected chi connectivity index (χ3v) is 3.54. The van der Waals surface area contributed by atoms with Crippen molar-refractivity contribution in [2.45, 2.75) is 33.2 Å². The summed E-state index contributed by atoms with van der Waals surface area (Å²) in [6.45, 7) is 6.20. The molecule has 0 unspecified atom stereocenters. The normalized spacial score (nSPS) is 12.8. The molecule has 0 radical (unpaired) electrons. The lowest BCUT2D eigenvalue weighted by Gasteiger charge is -2.30. The van der Waals surface area contributed by atoms with Crippen LogP contribution in [-0.4, -0.2) is 41.5 Å². The topological polar surface area (TPSA) is 83.6 Å². The largest absolute Gasteiger partial charge is 0.478 e. The first-order valence-electron chi connectivity index (χ1n) is 6.96. The summed E-state index contributed by atoms with van der Waals surface area (Å²) in [4.78, 5) is 24.9. The Balaban J connectivity index is 2.72. The average Bonchev–Trinajstić information content (AvgIpc) is 2.42. The van der Waals surface area contributed by atoms with Crippen LogP contribution in [0.3, 0.4) is 0 Å². The van der Waals surface area contributed by atoms with Crippen molar-refractivity contribution in [3.8, 4) is 0 Å². The van der Waals surface area contributed by atoms with Crippen LogP contribution in [0, 0.1) is 5.41 Å². The molecular weight excluding hydrogens is 268 g/mol. The summed E-state index contributed by atoms with van der Waals surface area (Å²) in [6, 6.07) is 6.26. The lowest BCUT2D eigenvalue weighted by Crippen LogP contribution is -2.49. The molecule has 1 atom stereocenters. The highest BCUT2D eigenvalue weighted by atomic mass is 16.4. The second kappa shape index (κ2) is 6.72. The van der Waals surface area contributed by atoms with Gasteiger partial charge in [0.05, 0.1) is 11.6 Å². The van der Waals surface area contributed by atoms with Gasteiger partial charge < -0.3 is 15.7 Å². The molecule has 1 aromatic rings. The molecule has 0 aliphatic heterocycles. The minimum absolute atomic E-state index is 0.129. The van der Waals surface area contributed by atoms with Gasteiger partial charge in [0.15, 0.2) is 0 Å². The summed E-state index contributed by atoms with van der Waals surface area (Å²) < 4.78 is 0. The van der Waals surface area contributed by atoms with Crippen LogP contribution >= 0.6 is 0 Å². The van der Waals surface area contributed by atoms with Crippen molar-refractivity contribution in [3.63, 3.8) is 0 Å². The Morgan fingerprint density at radius 1 is 1.29 bits per heavy atom. The fourth-order valence-corrected chi connectivity index (χ4v) is 1.95. The molecule has 0 aliphatic carbocycles. The van der Waals surface area contributed by atoms with Crippen LogP contribution in [0.25, 0.3) is 0 Å². The monoisotopic (exact) mass is 292 g/mol. The molecular formula is C16H24N2O3. The number of carbonyl (C=O) groups excluding carboxylic acids is 1. The first kappa shape index (κ1) is 17.2. The standard InChI is InChI=1S/C16H24N2O3/c1-16(2,3)13(17)14(19)18(4)10-9-11-7-5-6-8-12(11)15(20)21/h5-8,13H,9-10,17H2,1-4H3,(H,20,21)/t13-/m1/s1. The predicted molar refractivity (Wildman–Crippen MR) is 82.2 cm³/mol. The Labute approximate surface area is 125 Å². The third kappa shape index (κ3) is 4.56. The van der Waals surface area contributed by atoms with E-state index in [-0.39, 0.29) is 16.9 Å². The van der Waals surface area contributed by atoms with Crippen molar-refractivity contribution in [1.29, 1.82) is 0 Å². The van der Waals surface area contributed by atoms with Crippen molar-refractivity contribution in [3.05, 3.63) is 35.4 Å². The average molecular weight is 292 g/mol. The van der Waals surface area contributed by atoms with Gasteiger partial charge in [0, 0.05) is 13.6 Å². The maximum Gasteiger partial charge on any atom is 0.335 e. The fourth-order valence-electron chi connectivity index (χ4n) is 1.95. The number of nitrogens with two attached hydrogens (primary N) is 1. The first-order valence-corrected chi connectivity index (χ1v) is 6.96. The van der Waals surface area contributed by atoms with Gasteiger partial charge in [-0.25, -0.2) is 4.79 Å². The zero-order chi connectivity index (χ0) is 16.2. The fraction of sp³-hybridized carbons (Fsp3) is 0.500. The van der Waals surface area contributed by atoms with Gasteiger partial charge in [-0.15, -0.1) is 0 Å². The van der Waals surface area contributed by atoms with Crippen LogP contribution in [0.1, 0.15) is 36.7 Å². The van der Waals surface area contributed by atoms with Gasteiger partial charge in [-0.2, -0.15) is 0 Å². The van der Waals surface area contributed by atoms with Gasteiger partial charge in [0.2, 0.25) is 5.91 Å². The number of nitrogens with zero attached hydrogens (tertiary/aromatic N) is 1. The second-order valence-corrected chi connectivity index (χ2v) is 6.32. The highest BCUT2D eigenvalue weighted by Crippen LogP contribution is 2.19. The van der Waals surface area contributed by atoms with Crippen LogP contribution < -0.4 is 5.73 Å². The van der Waals surface area contributed by atoms with E-state index in [0.29, 0.717) is 18.5 Å². The van der Waals surface area contributed by atoms with Crippen molar-refractivity contribution in [2.24, 2.45) is 11.1 Å². The Bertz CT molecular complexity index is 520. The quantitative estimate of drug-likeness (QED) is 0.866. The van der Waals surface area contributed by atoms with E-state index in [2.05, 4.69) is 0 Å². The molecule has 0 aromatic heterocycles. The molecule has 1 aromatic carbocycles. The Kier molecular flexibility index (Phi) is 5.49. The summed E-state index contributed by atoms with van der Waals surface area (Å²) in [7, 11) is 1.69. The number of rotatable bonds is 5. The van der Waals surface area contributed by atoms with Gasteiger partial charge in [0.25, 0.3) is 0 Å². The highest BCUT2D eigenvalue weighted by Gasteiger charge is 2.29. The molecule has 3 N–H and O–H groups in total. The minimum Gasteiger partial charge on any atom is -0.478 e. The van der Waals surface area contributed by atoms with Gasteiger partial charge in [0.1, 0.15) is 0 Å². The van der Waals surface area contributed by atoms with Crippen LogP contribution in [0.4, 0.5) is 0 Å². The van der Waals surface area contributed by atoms with E-state index in [1.165, 1.54) is 0 Å². The molecule has 0 spiro atoms. The van der Waals surface area contributed by atoms with Gasteiger partial charge in [-0.1, -0.05) is 39.0 Å². The molecule has 0 aliphatic rings. The Morgan fingerprint density at radius 3 is 2.38 bits per heavy atom. The van der Waals surface area contributed by atoms with Crippen molar-refractivity contribution in [1.82, 2.24) is 4.90 Å². The van der Waals surface area contributed by atoms with E-state index in [1.807, 2.05) is 20.8 Å². The van der Waals surface area contributed by atoms with Gasteiger partial charge >= 0.3 is 5.97 Å². The number of carboxylic acids is 1. The van der Waals surface area contributed by atoms with E-state index >= 15 is 0 Å². The number of likely N-dealkylation sites (N-methyl/N-ethyl adjacent to an activating group) is 1. The molecule has 1 amide bonds. The van der Waals surface area contributed by atoms with Crippen LogP contribution in [0.5, 0.6) is 0 Å². The number of hydrogen-bond acceptors (Lipinski definition) is 3. The van der Waals surface area contributed by atoms with Crippen molar-refractivity contribution >= 4 is 11.9 Å². The summed E-state index contributed by atoms with van der Waals surface area (Å²) in [6.07, 6.45) is 0.488. The summed E-state index contributed by atoms with van der Waals surface area (Å²) in [5, 5.41) is 9.13. The number of amides is 1. The zero-order valence-corrected chi connectivity index (χ0v) is 13.1. The Morgan fingerprint density at radius 2 is 1.86 bits per heavy atom. The maximum atomic E-state index is 12.2. The minimum atomic E-state index is -0.953. The number of carbonyl (C=O) groups is 2. The summed E-state index contributed by atoms with van der Waals surface area (Å²) in [5.41, 5.74) is 6.65. The summed E-state index contributed by atoms with van der Waals surface area (Å²) >= 11 is 0. The van der Waals surface area contributed by atoms with Crippen LogP contribution in [0.15, 0.2) is 24.3 Å². The van der Waals surface area contributed by atoms with Crippen molar-refractivity contribution in [2.75, 3.05) is 13.6 Å². The maximum absolute atomic E-state index is 12.2. The smallest absolute Gasteiger partial charge is 0.335 e. The third-order valence-electron chi connectivity index (χ3n) is 3.54. The number of aromatic carboxylic acids is 1. The molecule has 0 bridgehead atoms. The molecule has 0 saturated carbocycles. The molecule has 1 rings (SSSR count). The molecule has 0 heterocycles. The SMILES string of the molecule is CN(CCc1ccccc1C(=O)O)C(=O)[C@@H](N)C(C)(C)C. The molecule has 0 fully saturated rings. The predicted octanol–water partition coefficient (Wildman–Crippen LogP) is 1.76. The van der Waals surface area contributed by atoms with E-state index in [9.17, 15) is 9.59 Å². The van der Waals surface area contributed by atoms with E-state index in [4.69, 9.17) is 10.8 Å². The lowest BCUT2D eigenvalue weighted by atomic mass is 9.86. The van der Waals surface area contributed by atoms with E-state index in [1.54, 1.807) is 36.2 Å². The lowest BCUT2D eigenvalue weighted by molar-refractivity contribution is -0.133. The molecule has 21 heavy (non-hydrogen) atoms. The molecule has 5 nitrogen and oxygen atoms in total. The Hall–Kier alpha value is -1.88. The molecule has 5 heteroatoms. The second-order valence-electron chi connectivity index (χ2n) is 6.32.